The van der Waals surface area contributed by atoms with Gasteiger partial charge in [0.25, 0.3) is 0 Å². The quantitative estimate of drug-likeness (QED) is 0.732. The van der Waals surface area contributed by atoms with E-state index in [0.29, 0.717) is 11.8 Å². The smallest absolute Gasteiger partial charge is 0.408 e. The van der Waals surface area contributed by atoms with Gasteiger partial charge in [0.15, 0.2) is 9.84 Å². The summed E-state index contributed by atoms with van der Waals surface area (Å²) in [5, 5.41) is 1.44. The minimum Gasteiger partial charge on any atom is -0.444 e. The summed E-state index contributed by atoms with van der Waals surface area (Å²) >= 11 is 0. The van der Waals surface area contributed by atoms with Gasteiger partial charge >= 0.3 is 6.09 Å². The third-order valence-corrected chi connectivity index (χ3v) is 7.47. The standard InChI is InChI=1S/C23H27NO5S/c1-15-6-10-17(11-7-15)19-20(30(27,28)18-12-8-16(2)9-13-18)23(19,14-25)24-21(26)29-22(3,4)5/h6-14,19-20H,1-5H3,(H,24,26)/t19-,20-,23+/m1/s1. The van der Waals surface area contributed by atoms with E-state index in [9.17, 15) is 18.0 Å². The van der Waals surface area contributed by atoms with Crippen molar-refractivity contribution in [3.63, 3.8) is 0 Å². The van der Waals surface area contributed by atoms with Crippen LogP contribution in [0.1, 0.15) is 43.4 Å². The van der Waals surface area contributed by atoms with Crippen LogP contribution in [0.2, 0.25) is 0 Å². The van der Waals surface area contributed by atoms with Crippen molar-refractivity contribution in [1.29, 1.82) is 0 Å². The van der Waals surface area contributed by atoms with Crippen molar-refractivity contribution < 1.29 is 22.7 Å². The van der Waals surface area contributed by atoms with Gasteiger partial charge in [-0.3, -0.25) is 0 Å². The molecule has 1 aliphatic carbocycles. The van der Waals surface area contributed by atoms with Crippen LogP contribution >= 0.6 is 0 Å². The molecule has 0 saturated heterocycles. The number of nitrogens with one attached hydrogen (secondary N) is 1. The number of hydrogen-bond acceptors (Lipinski definition) is 5. The van der Waals surface area contributed by atoms with Gasteiger partial charge in [0.2, 0.25) is 0 Å². The highest BCUT2D eigenvalue weighted by Gasteiger charge is 2.73. The Bertz CT molecular complexity index is 1050. The number of carbonyl (C=O) groups is 2. The first-order valence-electron chi connectivity index (χ1n) is 9.75. The van der Waals surface area contributed by atoms with Crippen LogP contribution in [0.25, 0.3) is 0 Å². The van der Waals surface area contributed by atoms with Gasteiger partial charge in [-0.25, -0.2) is 13.2 Å². The molecular weight excluding hydrogens is 402 g/mol. The molecule has 1 aliphatic rings. The lowest BCUT2D eigenvalue weighted by Crippen LogP contribution is -2.45. The molecule has 7 heteroatoms. The number of ether oxygens (including phenoxy) is 1. The van der Waals surface area contributed by atoms with E-state index < -0.39 is 38.2 Å². The second kappa shape index (κ2) is 7.54. The number of hydrogen-bond donors (Lipinski definition) is 1. The normalized spacial score (nSPS) is 23.5. The van der Waals surface area contributed by atoms with Crippen LogP contribution in [-0.4, -0.2) is 37.2 Å². The lowest BCUT2D eigenvalue weighted by molar-refractivity contribution is -0.110. The van der Waals surface area contributed by atoms with Crippen LogP contribution in [0.4, 0.5) is 4.79 Å². The zero-order valence-corrected chi connectivity index (χ0v) is 18.6. The first kappa shape index (κ1) is 22.0. The minimum absolute atomic E-state index is 0.116. The summed E-state index contributed by atoms with van der Waals surface area (Å²) in [6.07, 6.45) is -0.300. The maximum atomic E-state index is 13.4. The number of aryl methyl sites for hydroxylation is 2. The van der Waals surface area contributed by atoms with Crippen molar-refractivity contribution in [3.05, 3.63) is 65.2 Å². The van der Waals surface area contributed by atoms with Crippen molar-refractivity contribution >= 4 is 22.2 Å². The SMILES string of the molecule is Cc1ccc([C@@H]2[C@@H](S(=O)(=O)c3ccc(C)cc3)[C@@]2(C=O)NC(=O)OC(C)(C)C)cc1. The third-order valence-electron chi connectivity index (χ3n) is 5.21. The molecule has 3 rings (SSSR count). The molecule has 0 bridgehead atoms. The molecule has 3 atom stereocenters. The van der Waals surface area contributed by atoms with Gasteiger partial charge in [-0.1, -0.05) is 47.5 Å². The maximum absolute atomic E-state index is 13.4. The van der Waals surface area contributed by atoms with Crippen LogP contribution in [-0.2, 0) is 19.4 Å². The molecule has 0 unspecified atom stereocenters. The van der Waals surface area contributed by atoms with E-state index in [-0.39, 0.29) is 4.90 Å². The van der Waals surface area contributed by atoms with E-state index >= 15 is 0 Å². The fourth-order valence-electron chi connectivity index (χ4n) is 3.71. The average Bonchev–Trinajstić information content (AvgIpc) is 3.30. The van der Waals surface area contributed by atoms with Crippen molar-refractivity contribution in [2.75, 3.05) is 0 Å². The molecule has 0 aromatic heterocycles. The molecular formula is C23H27NO5S. The molecule has 1 saturated carbocycles. The molecule has 160 valence electrons. The van der Waals surface area contributed by atoms with E-state index in [1.54, 1.807) is 45.0 Å². The number of sulfone groups is 1. The topological polar surface area (TPSA) is 89.5 Å². The molecule has 0 aliphatic heterocycles. The van der Waals surface area contributed by atoms with Gasteiger partial charge in [0.1, 0.15) is 22.7 Å². The fraction of sp³-hybridized carbons (Fsp3) is 0.391. The van der Waals surface area contributed by atoms with Crippen LogP contribution in [0, 0.1) is 13.8 Å². The lowest BCUT2D eigenvalue weighted by Gasteiger charge is -2.22. The Morgan fingerprint density at radius 2 is 1.50 bits per heavy atom. The first-order chi connectivity index (χ1) is 13.9. The Labute approximate surface area is 177 Å². The summed E-state index contributed by atoms with van der Waals surface area (Å²) in [5.74, 6) is -0.713. The van der Waals surface area contributed by atoms with Crippen molar-refractivity contribution in [2.45, 2.75) is 61.8 Å². The van der Waals surface area contributed by atoms with Crippen LogP contribution in [0.15, 0.2) is 53.4 Å². The molecule has 1 N–H and O–H groups in total. The number of amides is 1. The minimum atomic E-state index is -3.90. The Morgan fingerprint density at radius 3 is 1.97 bits per heavy atom. The third kappa shape index (κ3) is 4.12. The van der Waals surface area contributed by atoms with E-state index in [1.807, 2.05) is 26.0 Å². The highest BCUT2D eigenvalue weighted by atomic mass is 32.2. The molecule has 0 radical (unpaired) electrons. The summed E-state index contributed by atoms with van der Waals surface area (Å²) in [7, 11) is -3.90. The van der Waals surface area contributed by atoms with Crippen LogP contribution in [0.3, 0.4) is 0 Å². The van der Waals surface area contributed by atoms with Gasteiger partial charge in [0.05, 0.1) is 4.90 Å². The number of alkyl carbamates (subject to hydrolysis) is 1. The average molecular weight is 430 g/mol. The summed E-state index contributed by atoms with van der Waals surface area (Å²) in [4.78, 5) is 24.8. The molecule has 30 heavy (non-hydrogen) atoms. The van der Waals surface area contributed by atoms with Gasteiger partial charge in [-0.05, 0) is 52.3 Å². The number of carbonyl (C=O) groups excluding carboxylic acids is 2. The second-order valence-electron chi connectivity index (χ2n) is 8.84. The highest BCUT2D eigenvalue weighted by Crippen LogP contribution is 2.56. The Kier molecular flexibility index (Phi) is 5.54. The zero-order valence-electron chi connectivity index (χ0n) is 17.8. The predicted octanol–water partition coefficient (Wildman–Crippen LogP) is 3.71. The first-order valence-corrected chi connectivity index (χ1v) is 11.3. The monoisotopic (exact) mass is 429 g/mol. The zero-order chi connectivity index (χ0) is 22.3. The van der Waals surface area contributed by atoms with E-state index in [2.05, 4.69) is 5.32 Å². The molecule has 0 heterocycles. The molecule has 2 aromatic rings. The summed E-state index contributed by atoms with van der Waals surface area (Å²) in [6, 6.07) is 13.8. The highest BCUT2D eigenvalue weighted by molar-refractivity contribution is 7.92. The molecule has 0 spiro atoms. The summed E-state index contributed by atoms with van der Waals surface area (Å²) in [5.41, 5.74) is 0.224. The molecule has 1 fully saturated rings. The van der Waals surface area contributed by atoms with Gasteiger partial charge in [-0.2, -0.15) is 0 Å². The maximum Gasteiger partial charge on any atom is 0.408 e. The fourth-order valence-corrected chi connectivity index (χ4v) is 5.95. The largest absolute Gasteiger partial charge is 0.444 e. The van der Waals surface area contributed by atoms with Crippen molar-refractivity contribution in [1.82, 2.24) is 5.32 Å². The van der Waals surface area contributed by atoms with Crippen LogP contribution in [0.5, 0.6) is 0 Å². The number of benzene rings is 2. The van der Waals surface area contributed by atoms with E-state index in [1.165, 1.54) is 12.1 Å². The van der Waals surface area contributed by atoms with Gasteiger partial charge in [-0.15, -0.1) is 0 Å². The Balaban J connectivity index is 2.04. The van der Waals surface area contributed by atoms with E-state index in [0.717, 1.165) is 11.1 Å². The number of rotatable bonds is 5. The van der Waals surface area contributed by atoms with Crippen LogP contribution < -0.4 is 5.32 Å². The van der Waals surface area contributed by atoms with Crippen molar-refractivity contribution in [2.24, 2.45) is 0 Å². The number of aldehydes is 1. The molecule has 2 aromatic carbocycles. The molecule has 6 nitrogen and oxygen atoms in total. The predicted molar refractivity (Wildman–Crippen MR) is 114 cm³/mol. The Hall–Kier alpha value is -2.67. The second-order valence-corrected chi connectivity index (χ2v) is 10.9. The van der Waals surface area contributed by atoms with Crippen molar-refractivity contribution in [3.8, 4) is 0 Å². The van der Waals surface area contributed by atoms with E-state index in [4.69, 9.17) is 4.74 Å². The molecule has 1 amide bonds. The van der Waals surface area contributed by atoms with Gasteiger partial charge in [0, 0.05) is 5.92 Å². The summed E-state index contributed by atoms with van der Waals surface area (Å²) < 4.78 is 32.2. The summed E-state index contributed by atoms with van der Waals surface area (Å²) in [6.45, 7) is 8.88. The van der Waals surface area contributed by atoms with Gasteiger partial charge < -0.3 is 14.8 Å². The Morgan fingerprint density at radius 1 is 1.00 bits per heavy atom. The lowest BCUT2D eigenvalue weighted by atomic mass is 10.1.